The van der Waals surface area contributed by atoms with Gasteiger partial charge in [0.25, 0.3) is 0 Å². The van der Waals surface area contributed by atoms with Gasteiger partial charge < -0.3 is 9.15 Å². The number of nitrogens with zero attached hydrogens (tertiary/aromatic N) is 1. The van der Waals surface area contributed by atoms with E-state index in [1.54, 1.807) is 31.3 Å². The first-order valence-corrected chi connectivity index (χ1v) is 9.11. The van der Waals surface area contributed by atoms with Gasteiger partial charge in [0, 0.05) is 18.5 Å². The molecule has 1 aromatic heterocycles. The number of aromatic nitrogens is 1. The van der Waals surface area contributed by atoms with Gasteiger partial charge in [0.2, 0.25) is 10.0 Å². The zero-order valence-corrected chi connectivity index (χ0v) is 14.0. The monoisotopic (exact) mass is 336 g/mol. The molecule has 0 amide bonds. The molecule has 1 aromatic carbocycles. The van der Waals surface area contributed by atoms with Gasteiger partial charge >= 0.3 is 0 Å². The van der Waals surface area contributed by atoms with E-state index in [9.17, 15) is 8.42 Å². The predicted octanol–water partition coefficient (Wildman–Crippen LogP) is 2.88. The van der Waals surface area contributed by atoms with Gasteiger partial charge in [0.1, 0.15) is 10.6 Å². The Kier molecular flexibility index (Phi) is 4.41. The molecule has 0 saturated heterocycles. The number of oxazole rings is 1. The van der Waals surface area contributed by atoms with Gasteiger partial charge in [-0.3, -0.25) is 0 Å². The van der Waals surface area contributed by atoms with Crippen LogP contribution in [-0.2, 0) is 10.0 Å². The van der Waals surface area contributed by atoms with Crippen molar-refractivity contribution >= 4 is 10.0 Å². The van der Waals surface area contributed by atoms with Crippen molar-refractivity contribution in [3.05, 3.63) is 30.3 Å². The number of hydrogen-bond donors (Lipinski definition) is 1. The second-order valence-corrected chi connectivity index (χ2v) is 7.39. The number of methoxy groups -OCH3 is 1. The SMILES string of the molecule is COc1ccc(-c2cnc(C)o2)cc1S(=O)(=O)NC1CCCC1. The van der Waals surface area contributed by atoms with E-state index >= 15 is 0 Å². The molecule has 7 heteroatoms. The molecule has 124 valence electrons. The Hall–Kier alpha value is -1.86. The van der Waals surface area contributed by atoms with Crippen LogP contribution in [0.3, 0.4) is 0 Å². The number of aryl methyl sites for hydroxylation is 1. The summed E-state index contributed by atoms with van der Waals surface area (Å²) in [5.74, 6) is 1.38. The third kappa shape index (κ3) is 3.40. The van der Waals surface area contributed by atoms with E-state index in [0.717, 1.165) is 25.7 Å². The van der Waals surface area contributed by atoms with Crippen LogP contribution in [0, 0.1) is 6.92 Å². The van der Waals surface area contributed by atoms with E-state index in [-0.39, 0.29) is 10.9 Å². The van der Waals surface area contributed by atoms with Gasteiger partial charge in [-0.1, -0.05) is 12.8 Å². The van der Waals surface area contributed by atoms with Gasteiger partial charge in [0.05, 0.1) is 13.3 Å². The third-order valence-corrected chi connectivity index (χ3v) is 5.58. The Bertz CT molecular complexity index is 792. The Labute approximate surface area is 135 Å². The van der Waals surface area contributed by atoms with Crippen molar-refractivity contribution in [2.24, 2.45) is 0 Å². The molecular formula is C16H20N2O4S. The molecule has 0 atom stereocenters. The molecule has 3 rings (SSSR count). The maximum absolute atomic E-state index is 12.7. The van der Waals surface area contributed by atoms with Crippen LogP contribution in [0.2, 0.25) is 0 Å². The van der Waals surface area contributed by atoms with Gasteiger partial charge in [-0.2, -0.15) is 0 Å². The average Bonchev–Trinajstić information content (AvgIpc) is 3.18. The highest BCUT2D eigenvalue weighted by atomic mass is 32.2. The summed E-state index contributed by atoms with van der Waals surface area (Å²) in [6.07, 6.45) is 5.45. The lowest BCUT2D eigenvalue weighted by molar-refractivity contribution is 0.402. The molecule has 2 aromatic rings. The standard InChI is InChI=1S/C16H20N2O4S/c1-11-17-10-15(22-11)12-7-8-14(21-2)16(9-12)23(19,20)18-13-5-3-4-6-13/h7-10,13,18H,3-6H2,1-2H3. The molecule has 0 unspecified atom stereocenters. The minimum Gasteiger partial charge on any atom is -0.495 e. The minimum absolute atomic E-state index is 0.000820. The molecule has 6 nitrogen and oxygen atoms in total. The van der Waals surface area contributed by atoms with Gasteiger partial charge in [-0.25, -0.2) is 18.1 Å². The molecule has 23 heavy (non-hydrogen) atoms. The maximum Gasteiger partial charge on any atom is 0.244 e. The third-order valence-electron chi connectivity index (χ3n) is 4.04. The highest BCUT2D eigenvalue weighted by Gasteiger charge is 2.26. The van der Waals surface area contributed by atoms with Crippen molar-refractivity contribution < 1.29 is 17.6 Å². The van der Waals surface area contributed by atoms with Crippen LogP contribution in [0.25, 0.3) is 11.3 Å². The van der Waals surface area contributed by atoms with Crippen LogP contribution in [0.1, 0.15) is 31.6 Å². The average molecular weight is 336 g/mol. The lowest BCUT2D eigenvalue weighted by atomic mass is 10.2. The van der Waals surface area contributed by atoms with Crippen molar-refractivity contribution in [3.63, 3.8) is 0 Å². The molecular weight excluding hydrogens is 316 g/mol. The number of ether oxygens (including phenoxy) is 1. The predicted molar refractivity (Wildman–Crippen MR) is 85.8 cm³/mol. The number of nitrogens with one attached hydrogen (secondary N) is 1. The van der Waals surface area contributed by atoms with E-state index in [2.05, 4.69) is 9.71 Å². The molecule has 1 N–H and O–H groups in total. The second kappa shape index (κ2) is 6.33. The van der Waals surface area contributed by atoms with Crippen LogP contribution >= 0.6 is 0 Å². The first-order chi connectivity index (χ1) is 11.0. The molecule has 1 aliphatic carbocycles. The zero-order chi connectivity index (χ0) is 16.4. The van der Waals surface area contributed by atoms with Crippen molar-refractivity contribution in [1.29, 1.82) is 0 Å². The summed E-state index contributed by atoms with van der Waals surface area (Å²) in [5.41, 5.74) is 0.651. The van der Waals surface area contributed by atoms with E-state index < -0.39 is 10.0 Å². The Balaban J connectivity index is 1.98. The van der Waals surface area contributed by atoms with Gasteiger partial charge in [-0.05, 0) is 31.0 Å². The summed E-state index contributed by atoms with van der Waals surface area (Å²) in [7, 11) is -2.19. The molecule has 1 heterocycles. The molecule has 0 spiro atoms. The smallest absolute Gasteiger partial charge is 0.244 e. The normalized spacial score (nSPS) is 15.9. The van der Waals surface area contributed by atoms with Crippen molar-refractivity contribution in [3.8, 4) is 17.1 Å². The van der Waals surface area contributed by atoms with Gasteiger partial charge in [-0.15, -0.1) is 0 Å². The molecule has 1 saturated carbocycles. The Morgan fingerprint density at radius 3 is 2.65 bits per heavy atom. The summed E-state index contributed by atoms with van der Waals surface area (Å²) < 4.78 is 38.9. The van der Waals surface area contributed by atoms with E-state index in [1.807, 2.05) is 0 Å². The van der Waals surface area contributed by atoms with Crippen LogP contribution < -0.4 is 9.46 Å². The highest BCUT2D eigenvalue weighted by molar-refractivity contribution is 7.89. The molecule has 1 fully saturated rings. The number of sulfonamides is 1. The molecule has 1 aliphatic rings. The Morgan fingerprint density at radius 1 is 1.30 bits per heavy atom. The minimum atomic E-state index is -3.65. The largest absolute Gasteiger partial charge is 0.495 e. The topological polar surface area (TPSA) is 81.4 Å². The Morgan fingerprint density at radius 2 is 2.04 bits per heavy atom. The highest BCUT2D eigenvalue weighted by Crippen LogP contribution is 2.31. The van der Waals surface area contributed by atoms with Crippen molar-refractivity contribution in [1.82, 2.24) is 9.71 Å². The fourth-order valence-electron chi connectivity index (χ4n) is 2.86. The number of rotatable bonds is 5. The van der Waals surface area contributed by atoms with E-state index in [1.165, 1.54) is 7.11 Å². The molecule has 0 radical (unpaired) electrons. The van der Waals surface area contributed by atoms with Crippen molar-refractivity contribution in [2.75, 3.05) is 7.11 Å². The summed E-state index contributed by atoms with van der Waals surface area (Å²) in [5, 5.41) is 0. The van der Waals surface area contributed by atoms with Crippen molar-refractivity contribution in [2.45, 2.75) is 43.5 Å². The number of hydrogen-bond acceptors (Lipinski definition) is 5. The van der Waals surface area contributed by atoms with Crippen LogP contribution in [0.5, 0.6) is 5.75 Å². The van der Waals surface area contributed by atoms with Crippen LogP contribution in [-0.4, -0.2) is 26.6 Å². The second-order valence-electron chi connectivity index (χ2n) is 5.71. The first kappa shape index (κ1) is 16.0. The van der Waals surface area contributed by atoms with Crippen LogP contribution in [0.4, 0.5) is 0 Å². The van der Waals surface area contributed by atoms with E-state index in [4.69, 9.17) is 9.15 Å². The van der Waals surface area contributed by atoms with Gasteiger partial charge in [0.15, 0.2) is 11.7 Å². The summed E-state index contributed by atoms with van der Waals surface area (Å²) in [6, 6.07) is 4.96. The fourth-order valence-corrected chi connectivity index (χ4v) is 4.36. The first-order valence-electron chi connectivity index (χ1n) is 7.63. The summed E-state index contributed by atoms with van der Waals surface area (Å²) in [6.45, 7) is 1.74. The van der Waals surface area contributed by atoms with Crippen LogP contribution in [0.15, 0.2) is 33.7 Å². The summed E-state index contributed by atoms with van der Waals surface area (Å²) >= 11 is 0. The number of benzene rings is 1. The zero-order valence-electron chi connectivity index (χ0n) is 13.2. The lowest BCUT2D eigenvalue weighted by Gasteiger charge is -2.15. The maximum atomic E-state index is 12.7. The molecule has 0 aliphatic heterocycles. The lowest BCUT2D eigenvalue weighted by Crippen LogP contribution is -2.32. The summed E-state index contributed by atoms with van der Waals surface area (Å²) in [4.78, 5) is 4.17. The quantitative estimate of drug-likeness (QED) is 0.908. The molecule has 0 bridgehead atoms. The fraction of sp³-hybridized carbons (Fsp3) is 0.438. The van der Waals surface area contributed by atoms with E-state index in [0.29, 0.717) is 23.0 Å².